The number of nitro groups is 1. The Morgan fingerprint density at radius 2 is 2.05 bits per heavy atom. The lowest BCUT2D eigenvalue weighted by molar-refractivity contribution is -0.386. The molecule has 0 N–H and O–H groups in total. The van der Waals surface area contributed by atoms with Crippen molar-refractivity contribution in [3.63, 3.8) is 0 Å². The number of benzene rings is 1. The number of pyridine rings is 1. The third-order valence-electron chi connectivity index (χ3n) is 2.81. The minimum absolute atomic E-state index is 0.0292. The van der Waals surface area contributed by atoms with Gasteiger partial charge in [-0.3, -0.25) is 15.1 Å². The van der Waals surface area contributed by atoms with Gasteiger partial charge in [0.05, 0.1) is 10.3 Å². The van der Waals surface area contributed by atoms with Gasteiger partial charge in [0.1, 0.15) is 5.69 Å². The zero-order chi connectivity index (χ0) is 13.8. The van der Waals surface area contributed by atoms with Crippen molar-refractivity contribution in [2.45, 2.75) is 18.7 Å². The number of hydrogen-bond acceptors (Lipinski definition) is 3. The number of alkyl halides is 1. The zero-order valence-corrected chi connectivity index (χ0v) is 11.2. The van der Waals surface area contributed by atoms with Gasteiger partial charge >= 0.3 is 0 Å². The first-order valence-corrected chi connectivity index (χ1v) is 6.30. The van der Waals surface area contributed by atoms with Crippen LogP contribution < -0.4 is 0 Å². The average molecular weight is 277 g/mol. The maximum Gasteiger partial charge on any atom is 0.291 e. The minimum Gasteiger partial charge on any atom is -0.258 e. The zero-order valence-electron chi connectivity index (χ0n) is 10.4. The molecule has 0 aliphatic heterocycles. The summed E-state index contributed by atoms with van der Waals surface area (Å²) in [6.45, 7) is 1.78. The molecule has 0 saturated carbocycles. The number of aryl methyl sites for hydroxylation is 1. The quantitative estimate of drug-likeness (QED) is 0.484. The SMILES string of the molecule is Cc1cnc(CC(Cl)c2ccccc2)c([N+](=O)[O-])c1. The summed E-state index contributed by atoms with van der Waals surface area (Å²) in [6.07, 6.45) is 1.96. The van der Waals surface area contributed by atoms with E-state index in [4.69, 9.17) is 11.6 Å². The van der Waals surface area contributed by atoms with Crippen molar-refractivity contribution in [1.82, 2.24) is 4.98 Å². The highest BCUT2D eigenvalue weighted by Gasteiger charge is 2.19. The molecule has 4 nitrogen and oxygen atoms in total. The Kier molecular flexibility index (Phi) is 4.12. The predicted molar refractivity (Wildman–Crippen MR) is 74.4 cm³/mol. The van der Waals surface area contributed by atoms with E-state index in [9.17, 15) is 10.1 Å². The van der Waals surface area contributed by atoms with E-state index in [1.807, 2.05) is 30.3 Å². The van der Waals surface area contributed by atoms with Crippen LogP contribution >= 0.6 is 11.6 Å². The molecule has 1 unspecified atom stereocenters. The summed E-state index contributed by atoms with van der Waals surface area (Å²) in [5.41, 5.74) is 2.14. The molecule has 0 spiro atoms. The number of halogens is 1. The van der Waals surface area contributed by atoms with Gasteiger partial charge in [0, 0.05) is 18.7 Å². The van der Waals surface area contributed by atoms with Crippen LogP contribution in [0.3, 0.4) is 0 Å². The highest BCUT2D eigenvalue weighted by atomic mass is 35.5. The molecule has 98 valence electrons. The van der Waals surface area contributed by atoms with E-state index in [0.29, 0.717) is 12.1 Å². The highest BCUT2D eigenvalue weighted by molar-refractivity contribution is 6.20. The van der Waals surface area contributed by atoms with Crippen LogP contribution in [0.4, 0.5) is 5.69 Å². The molecule has 0 radical (unpaired) electrons. The van der Waals surface area contributed by atoms with Gasteiger partial charge in [0.2, 0.25) is 0 Å². The van der Waals surface area contributed by atoms with Crippen molar-refractivity contribution >= 4 is 17.3 Å². The van der Waals surface area contributed by atoms with E-state index in [-0.39, 0.29) is 11.1 Å². The van der Waals surface area contributed by atoms with Crippen molar-refractivity contribution in [1.29, 1.82) is 0 Å². The van der Waals surface area contributed by atoms with Gasteiger partial charge in [-0.05, 0) is 18.1 Å². The average Bonchev–Trinajstić information content (AvgIpc) is 2.41. The molecule has 0 aliphatic rings. The first-order valence-electron chi connectivity index (χ1n) is 5.87. The molecule has 0 saturated heterocycles. The Hall–Kier alpha value is -1.94. The third kappa shape index (κ3) is 3.29. The molecule has 1 aromatic carbocycles. The fourth-order valence-corrected chi connectivity index (χ4v) is 2.14. The van der Waals surface area contributed by atoms with Crippen molar-refractivity contribution in [2.75, 3.05) is 0 Å². The molecule has 1 heterocycles. The van der Waals surface area contributed by atoms with Crippen LogP contribution in [-0.4, -0.2) is 9.91 Å². The van der Waals surface area contributed by atoms with Gasteiger partial charge in [-0.15, -0.1) is 11.6 Å². The molecular formula is C14H13ClN2O2. The Bertz CT molecular complexity index is 587. The summed E-state index contributed by atoms with van der Waals surface area (Å²) in [6, 6.07) is 11.0. The third-order valence-corrected chi connectivity index (χ3v) is 3.22. The lowest BCUT2D eigenvalue weighted by Gasteiger charge is -2.09. The number of nitrogens with zero attached hydrogens (tertiary/aromatic N) is 2. The van der Waals surface area contributed by atoms with Gasteiger partial charge in [-0.2, -0.15) is 0 Å². The summed E-state index contributed by atoms with van der Waals surface area (Å²) >= 11 is 6.29. The molecule has 2 rings (SSSR count). The van der Waals surface area contributed by atoms with E-state index >= 15 is 0 Å². The lowest BCUT2D eigenvalue weighted by atomic mass is 10.1. The van der Waals surface area contributed by atoms with Crippen LogP contribution in [0, 0.1) is 17.0 Å². The molecule has 19 heavy (non-hydrogen) atoms. The molecule has 0 fully saturated rings. The molecule has 5 heteroatoms. The van der Waals surface area contributed by atoms with Gasteiger partial charge in [-0.1, -0.05) is 30.3 Å². The second-order valence-corrected chi connectivity index (χ2v) is 4.84. The maximum absolute atomic E-state index is 11.0. The second kappa shape index (κ2) is 5.80. The smallest absolute Gasteiger partial charge is 0.258 e. The summed E-state index contributed by atoms with van der Waals surface area (Å²) in [7, 11) is 0. The van der Waals surface area contributed by atoms with E-state index in [2.05, 4.69) is 4.98 Å². The van der Waals surface area contributed by atoms with Crippen LogP contribution in [0.2, 0.25) is 0 Å². The highest BCUT2D eigenvalue weighted by Crippen LogP contribution is 2.28. The Labute approximate surface area is 116 Å². The fourth-order valence-electron chi connectivity index (χ4n) is 1.85. The Morgan fingerprint density at radius 1 is 1.37 bits per heavy atom. The molecule has 1 atom stereocenters. The van der Waals surface area contributed by atoms with Crippen molar-refractivity contribution < 1.29 is 4.92 Å². The van der Waals surface area contributed by atoms with Crippen LogP contribution in [-0.2, 0) is 6.42 Å². The van der Waals surface area contributed by atoms with E-state index in [1.54, 1.807) is 13.1 Å². The molecular weight excluding hydrogens is 264 g/mol. The first kappa shape index (κ1) is 13.5. The Balaban J connectivity index is 2.26. The second-order valence-electron chi connectivity index (χ2n) is 4.32. The van der Waals surface area contributed by atoms with Crippen molar-refractivity contribution in [3.05, 3.63) is 69.5 Å². The molecule has 0 aliphatic carbocycles. The normalized spacial score (nSPS) is 12.1. The summed E-state index contributed by atoms with van der Waals surface area (Å²) in [4.78, 5) is 14.7. The maximum atomic E-state index is 11.0. The van der Waals surface area contributed by atoms with Crippen LogP contribution in [0.1, 0.15) is 22.2 Å². The van der Waals surface area contributed by atoms with Crippen LogP contribution in [0.5, 0.6) is 0 Å². The summed E-state index contributed by atoms with van der Waals surface area (Å²) in [5.74, 6) is 0. The topological polar surface area (TPSA) is 56.0 Å². The van der Waals surface area contributed by atoms with Crippen LogP contribution in [0.15, 0.2) is 42.6 Å². The minimum atomic E-state index is -0.413. The molecule has 0 amide bonds. The standard InChI is InChI=1S/C14H13ClN2O2/c1-10-7-14(17(18)19)13(16-9-10)8-12(15)11-5-3-2-4-6-11/h2-7,9,12H,8H2,1H3. The van der Waals surface area contributed by atoms with Crippen LogP contribution in [0.25, 0.3) is 0 Å². The van der Waals surface area contributed by atoms with Gasteiger partial charge < -0.3 is 0 Å². The molecule has 0 bridgehead atoms. The fraction of sp³-hybridized carbons (Fsp3) is 0.214. The van der Waals surface area contributed by atoms with E-state index in [1.165, 1.54) is 6.07 Å². The predicted octanol–water partition coefficient (Wildman–Crippen LogP) is 3.82. The molecule has 2 aromatic rings. The monoisotopic (exact) mass is 276 g/mol. The summed E-state index contributed by atoms with van der Waals surface area (Å²) in [5, 5.41) is 10.7. The van der Waals surface area contributed by atoms with Gasteiger partial charge in [-0.25, -0.2) is 0 Å². The number of hydrogen-bond donors (Lipinski definition) is 0. The summed E-state index contributed by atoms with van der Waals surface area (Å²) < 4.78 is 0. The first-order chi connectivity index (χ1) is 9.08. The van der Waals surface area contributed by atoms with Crippen molar-refractivity contribution in [3.8, 4) is 0 Å². The van der Waals surface area contributed by atoms with Gasteiger partial charge in [0.25, 0.3) is 5.69 Å². The van der Waals surface area contributed by atoms with Crippen molar-refractivity contribution in [2.24, 2.45) is 0 Å². The van der Waals surface area contributed by atoms with Gasteiger partial charge in [0.15, 0.2) is 0 Å². The molecule has 1 aromatic heterocycles. The van der Waals surface area contributed by atoms with E-state index in [0.717, 1.165) is 11.1 Å². The Morgan fingerprint density at radius 3 is 2.68 bits per heavy atom. The number of rotatable bonds is 4. The largest absolute Gasteiger partial charge is 0.291 e. The van der Waals surface area contributed by atoms with E-state index < -0.39 is 4.92 Å². The number of aromatic nitrogens is 1. The lowest BCUT2D eigenvalue weighted by Crippen LogP contribution is -2.03.